The molecule has 1 amide bonds. The highest BCUT2D eigenvalue weighted by atomic mass is 16.5. The van der Waals surface area contributed by atoms with Gasteiger partial charge >= 0.3 is 0 Å². The Morgan fingerprint density at radius 3 is 2.46 bits per heavy atom. The minimum Gasteiger partial charge on any atom is -0.508 e. The highest BCUT2D eigenvalue weighted by molar-refractivity contribution is 5.47. The van der Waals surface area contributed by atoms with Crippen LogP contribution in [0, 0.1) is 5.92 Å². The van der Waals surface area contributed by atoms with Gasteiger partial charge in [0.05, 0.1) is 12.7 Å². The summed E-state index contributed by atoms with van der Waals surface area (Å²) >= 11 is 0. The van der Waals surface area contributed by atoms with Crippen molar-refractivity contribution in [3.8, 4) is 11.5 Å². The number of hydrogen-bond donors (Lipinski definition) is 2. The quantitative estimate of drug-likeness (QED) is 0.813. The van der Waals surface area contributed by atoms with E-state index in [0.717, 1.165) is 50.9 Å². The van der Waals surface area contributed by atoms with Gasteiger partial charge in [0.2, 0.25) is 6.41 Å². The number of aliphatic hydroxyl groups is 1. The molecule has 1 aliphatic heterocycles. The van der Waals surface area contributed by atoms with E-state index in [2.05, 4.69) is 0 Å². The van der Waals surface area contributed by atoms with Crippen LogP contribution in [0.4, 0.5) is 0 Å². The molecule has 0 aromatic heterocycles. The molecule has 0 radical (unpaired) electrons. The first-order valence-corrected chi connectivity index (χ1v) is 8.82. The fourth-order valence-corrected chi connectivity index (χ4v) is 3.27. The molecule has 1 aromatic carbocycles. The van der Waals surface area contributed by atoms with Crippen LogP contribution in [-0.2, 0) is 4.79 Å². The van der Waals surface area contributed by atoms with E-state index in [0.29, 0.717) is 5.92 Å². The summed E-state index contributed by atoms with van der Waals surface area (Å²) in [5.74, 6) is 1.35. The molecule has 2 unspecified atom stereocenters. The number of fused-ring (bicyclic) bond motifs is 1. The van der Waals surface area contributed by atoms with Crippen LogP contribution < -0.4 is 4.74 Å². The molecule has 1 aromatic rings. The van der Waals surface area contributed by atoms with E-state index in [1.807, 2.05) is 13.8 Å². The number of methoxy groups -OCH3 is 1. The average Bonchev–Trinajstić information content (AvgIpc) is 2.64. The maximum Gasteiger partial charge on any atom is 0.209 e. The van der Waals surface area contributed by atoms with Crippen molar-refractivity contribution in [2.45, 2.75) is 51.6 Å². The number of phenols is 1. The zero-order valence-corrected chi connectivity index (χ0v) is 15.1. The zero-order chi connectivity index (χ0) is 18.0. The van der Waals surface area contributed by atoms with Crippen molar-refractivity contribution in [2.75, 3.05) is 20.2 Å². The number of carbonyl (C=O) groups excluding carboxylic acids is 1. The molecule has 2 atom stereocenters. The molecule has 3 rings (SSSR count). The molecule has 2 N–H and O–H groups in total. The Bertz CT molecular complexity index is 477. The predicted molar refractivity (Wildman–Crippen MR) is 95.2 cm³/mol. The van der Waals surface area contributed by atoms with E-state index in [-0.39, 0.29) is 5.75 Å². The van der Waals surface area contributed by atoms with E-state index < -0.39 is 5.60 Å². The number of amides is 1. The lowest BCUT2D eigenvalue weighted by molar-refractivity contribution is -0.131. The van der Waals surface area contributed by atoms with Gasteiger partial charge in [-0.3, -0.25) is 4.79 Å². The Morgan fingerprint density at radius 2 is 1.88 bits per heavy atom. The van der Waals surface area contributed by atoms with Crippen LogP contribution in [-0.4, -0.2) is 47.3 Å². The number of phenolic OH excluding ortho intramolecular Hbond substituents is 1. The number of hydrogen-bond acceptors (Lipinski definition) is 4. The van der Waals surface area contributed by atoms with Gasteiger partial charge in [-0.25, -0.2) is 0 Å². The predicted octanol–water partition coefficient (Wildman–Crippen LogP) is 3.20. The average molecular weight is 337 g/mol. The van der Waals surface area contributed by atoms with Crippen molar-refractivity contribution in [3.05, 3.63) is 24.3 Å². The summed E-state index contributed by atoms with van der Waals surface area (Å²) in [6.07, 6.45) is 6.06. The second kappa shape index (κ2) is 10.2. The molecule has 1 saturated carbocycles. The van der Waals surface area contributed by atoms with Crippen molar-refractivity contribution >= 4 is 6.41 Å². The van der Waals surface area contributed by atoms with Crippen molar-refractivity contribution in [1.82, 2.24) is 4.90 Å². The Kier molecular flexibility index (Phi) is 8.61. The molecular weight excluding hydrogens is 306 g/mol. The first-order valence-electron chi connectivity index (χ1n) is 8.82. The van der Waals surface area contributed by atoms with Crippen molar-refractivity contribution in [2.24, 2.45) is 5.92 Å². The maximum absolute atomic E-state index is 10.6. The summed E-state index contributed by atoms with van der Waals surface area (Å²) in [4.78, 5) is 12.4. The Balaban J connectivity index is 0.000000230. The van der Waals surface area contributed by atoms with Crippen molar-refractivity contribution in [1.29, 1.82) is 0 Å². The molecule has 2 fully saturated rings. The number of piperidine rings is 1. The normalized spacial score (nSPS) is 25.2. The van der Waals surface area contributed by atoms with Crippen LogP contribution in [0.1, 0.15) is 46.0 Å². The van der Waals surface area contributed by atoms with E-state index >= 15 is 0 Å². The van der Waals surface area contributed by atoms with Crippen LogP contribution in [0.5, 0.6) is 11.5 Å². The summed E-state index contributed by atoms with van der Waals surface area (Å²) in [6.45, 7) is 5.50. The van der Waals surface area contributed by atoms with Crippen LogP contribution in [0.2, 0.25) is 0 Å². The van der Waals surface area contributed by atoms with Gasteiger partial charge in [0.15, 0.2) is 0 Å². The zero-order valence-electron chi connectivity index (χ0n) is 15.1. The van der Waals surface area contributed by atoms with E-state index in [1.54, 1.807) is 36.3 Å². The molecular formula is C19H31NO4. The lowest BCUT2D eigenvalue weighted by atomic mass is 9.71. The SMILES string of the molecule is CC.COc1ccc(O)cc1.O=CN1CCC2(O)CCCCC2C1. The molecule has 5 nitrogen and oxygen atoms in total. The van der Waals surface area contributed by atoms with Gasteiger partial charge in [-0.05, 0) is 43.5 Å². The number of aromatic hydroxyl groups is 1. The second-order valence-electron chi connectivity index (χ2n) is 6.09. The van der Waals surface area contributed by atoms with Gasteiger partial charge in [0.25, 0.3) is 0 Å². The molecule has 0 bridgehead atoms. The van der Waals surface area contributed by atoms with Crippen LogP contribution in [0.3, 0.4) is 0 Å². The van der Waals surface area contributed by atoms with Gasteiger partial charge in [0, 0.05) is 19.0 Å². The molecule has 1 aliphatic carbocycles. The standard InChI is InChI=1S/C10H17NO2.C7H8O2.C2H6/c12-8-11-6-5-10(13)4-2-1-3-9(10)7-11;1-9-7-4-2-6(8)3-5-7;1-2/h8-9,13H,1-7H2;2-5,8H,1H3;1-2H3. The van der Waals surface area contributed by atoms with E-state index in [9.17, 15) is 9.90 Å². The van der Waals surface area contributed by atoms with E-state index in [4.69, 9.17) is 9.84 Å². The van der Waals surface area contributed by atoms with Gasteiger partial charge in [-0.15, -0.1) is 0 Å². The minimum absolute atomic E-state index is 0.260. The number of carbonyl (C=O) groups is 1. The van der Waals surface area contributed by atoms with Gasteiger partial charge in [0.1, 0.15) is 11.5 Å². The number of ether oxygens (including phenoxy) is 1. The smallest absolute Gasteiger partial charge is 0.209 e. The summed E-state index contributed by atoms with van der Waals surface area (Å²) < 4.78 is 4.86. The summed E-state index contributed by atoms with van der Waals surface area (Å²) in [7, 11) is 1.59. The number of likely N-dealkylation sites (tertiary alicyclic amines) is 1. The van der Waals surface area contributed by atoms with Crippen LogP contribution >= 0.6 is 0 Å². The summed E-state index contributed by atoms with van der Waals surface area (Å²) in [5, 5.41) is 19.1. The fraction of sp³-hybridized carbons (Fsp3) is 0.632. The highest BCUT2D eigenvalue weighted by Crippen LogP contribution is 2.39. The number of benzene rings is 1. The molecule has 0 spiro atoms. The molecule has 1 saturated heterocycles. The Hall–Kier alpha value is -1.75. The number of nitrogens with zero attached hydrogens (tertiary/aromatic N) is 1. The van der Waals surface area contributed by atoms with Gasteiger partial charge in [-0.2, -0.15) is 0 Å². The third kappa shape index (κ3) is 5.71. The minimum atomic E-state index is -0.447. The summed E-state index contributed by atoms with van der Waals surface area (Å²) in [6, 6.07) is 6.57. The van der Waals surface area contributed by atoms with Crippen LogP contribution in [0.15, 0.2) is 24.3 Å². The molecule has 1 heterocycles. The van der Waals surface area contributed by atoms with E-state index in [1.165, 1.54) is 6.42 Å². The molecule has 24 heavy (non-hydrogen) atoms. The second-order valence-corrected chi connectivity index (χ2v) is 6.09. The van der Waals surface area contributed by atoms with Crippen molar-refractivity contribution in [3.63, 3.8) is 0 Å². The monoisotopic (exact) mass is 337 g/mol. The fourth-order valence-electron chi connectivity index (χ4n) is 3.27. The molecule has 136 valence electrons. The topological polar surface area (TPSA) is 70.0 Å². The number of rotatable bonds is 2. The highest BCUT2D eigenvalue weighted by Gasteiger charge is 2.42. The summed E-state index contributed by atoms with van der Waals surface area (Å²) in [5.41, 5.74) is -0.447. The largest absolute Gasteiger partial charge is 0.508 e. The Labute approximate surface area is 145 Å². The van der Waals surface area contributed by atoms with Gasteiger partial charge in [-0.1, -0.05) is 26.7 Å². The lowest BCUT2D eigenvalue weighted by Crippen LogP contribution is -2.52. The third-order valence-electron chi connectivity index (χ3n) is 4.68. The van der Waals surface area contributed by atoms with Crippen LogP contribution in [0.25, 0.3) is 0 Å². The first-order chi connectivity index (χ1) is 11.6. The lowest BCUT2D eigenvalue weighted by Gasteiger charge is -2.46. The third-order valence-corrected chi connectivity index (χ3v) is 4.68. The molecule has 2 aliphatic rings. The Morgan fingerprint density at radius 1 is 1.21 bits per heavy atom. The molecule has 5 heteroatoms. The van der Waals surface area contributed by atoms with Crippen molar-refractivity contribution < 1.29 is 19.7 Å². The first kappa shape index (κ1) is 20.3. The maximum atomic E-state index is 10.6. The van der Waals surface area contributed by atoms with Gasteiger partial charge < -0.3 is 19.8 Å².